The van der Waals surface area contributed by atoms with E-state index in [0.717, 1.165) is 12.1 Å². The van der Waals surface area contributed by atoms with Gasteiger partial charge in [0.15, 0.2) is 0 Å². The lowest BCUT2D eigenvalue weighted by Crippen LogP contribution is -2.48. The maximum Gasteiger partial charge on any atom is 0.478 e. The third-order valence-electron chi connectivity index (χ3n) is 1.86. The van der Waals surface area contributed by atoms with Crippen molar-refractivity contribution < 1.29 is 35.4 Å². The molecule has 0 unspecified atom stereocenters. The Morgan fingerprint density at radius 2 is 1.22 bits per heavy atom. The van der Waals surface area contributed by atoms with Gasteiger partial charge in [0.2, 0.25) is 0 Å². The van der Waals surface area contributed by atoms with E-state index in [0.29, 0.717) is 12.1 Å². The van der Waals surface area contributed by atoms with Gasteiger partial charge in [-0.3, -0.25) is 0 Å². The Labute approximate surface area is 94.8 Å². The van der Waals surface area contributed by atoms with Crippen LogP contribution in [0, 0.1) is 0 Å². The van der Waals surface area contributed by atoms with Gasteiger partial charge in [-0.15, -0.1) is 5.12 Å². The maximum absolute atomic E-state index is 13.0. The Morgan fingerprint density at radius 3 is 1.61 bits per heavy atom. The monoisotopic (exact) mass is 280 g/mol. The third kappa shape index (κ3) is 2.41. The smallest absolute Gasteiger partial charge is 0.170 e. The minimum absolute atomic E-state index is 0.362. The van der Waals surface area contributed by atoms with Crippen LogP contribution in [0.1, 0.15) is 0 Å². The Morgan fingerprint density at radius 1 is 0.778 bits per heavy atom. The van der Waals surface area contributed by atoms with Crippen molar-refractivity contribution in [2.24, 2.45) is 0 Å². The molecule has 10 heteroatoms. The Balaban J connectivity index is 3.23. The molecule has 1 rings (SSSR count). The lowest BCUT2D eigenvalue weighted by Gasteiger charge is -2.27. The zero-order valence-corrected chi connectivity index (χ0v) is 8.23. The van der Waals surface area contributed by atoms with Gasteiger partial charge >= 0.3 is 12.2 Å². The second kappa shape index (κ2) is 4.50. The lowest BCUT2D eigenvalue weighted by atomic mass is 10.2. The van der Waals surface area contributed by atoms with Gasteiger partial charge in [0.05, 0.1) is 0 Å². The van der Waals surface area contributed by atoms with Crippen LogP contribution in [0.5, 0.6) is 0 Å². The Kier molecular flexibility index (Phi) is 3.58. The van der Waals surface area contributed by atoms with Crippen LogP contribution in [0.25, 0.3) is 0 Å². The molecule has 0 aliphatic heterocycles. The minimum Gasteiger partial charge on any atom is -0.170 e. The van der Waals surface area contributed by atoms with Gasteiger partial charge in [-0.05, 0) is 17.5 Å². The van der Waals surface area contributed by atoms with Gasteiger partial charge in [-0.25, -0.2) is 0 Å². The summed E-state index contributed by atoms with van der Waals surface area (Å²) in [4.78, 5) is 0. The number of benzene rings is 1. The molecule has 0 atom stereocenters. The molecule has 0 aliphatic carbocycles. The van der Waals surface area contributed by atoms with Crippen molar-refractivity contribution in [1.29, 1.82) is 0 Å². The fraction of sp³-hybridized carbons (Fsp3) is 0.250. The molecule has 0 fully saturated rings. The SMILES string of the molecule is FN(F)c1ccccc1N(F)C(F)(F)C(F)(F)F. The van der Waals surface area contributed by atoms with E-state index >= 15 is 0 Å². The van der Waals surface area contributed by atoms with Crippen LogP contribution < -0.4 is 10.5 Å². The summed E-state index contributed by atoms with van der Waals surface area (Å²) in [5, 5.41) is -3.82. The highest BCUT2D eigenvalue weighted by Gasteiger charge is 2.63. The highest BCUT2D eigenvalue weighted by atomic mass is 19.4. The predicted octanol–water partition coefficient (Wildman–Crippen LogP) is 4.11. The van der Waals surface area contributed by atoms with Crippen molar-refractivity contribution in [1.82, 2.24) is 0 Å². The molecule has 1 aromatic carbocycles. The van der Waals surface area contributed by atoms with Crippen LogP contribution in [0.15, 0.2) is 24.3 Å². The van der Waals surface area contributed by atoms with Crippen LogP contribution in [-0.2, 0) is 0 Å². The van der Waals surface area contributed by atoms with E-state index < -0.39 is 34.1 Å². The standard InChI is InChI=1S/C8H4F8N2/c9-7(10,11)8(12,13)17(14)5-3-1-2-4-6(5)18(15)16/h1-4H. The summed E-state index contributed by atoms with van der Waals surface area (Å²) in [7, 11) is 0. The Hall–Kier alpha value is -1.74. The first kappa shape index (κ1) is 14.3. The van der Waals surface area contributed by atoms with Crippen LogP contribution in [0.2, 0.25) is 0 Å². The molecular weight excluding hydrogens is 276 g/mol. The number of hydrogen-bond donors (Lipinski definition) is 0. The number of hydrogen-bond acceptors (Lipinski definition) is 2. The number of para-hydroxylation sites is 2. The van der Waals surface area contributed by atoms with Gasteiger partial charge in [0, 0.05) is 0 Å². The maximum atomic E-state index is 13.0. The molecule has 0 aromatic heterocycles. The molecule has 0 amide bonds. The lowest BCUT2D eigenvalue weighted by molar-refractivity contribution is -0.292. The van der Waals surface area contributed by atoms with Crippen LogP contribution >= 0.6 is 0 Å². The zero-order valence-electron chi connectivity index (χ0n) is 8.23. The van der Waals surface area contributed by atoms with Crippen LogP contribution in [0.4, 0.5) is 46.8 Å². The van der Waals surface area contributed by atoms with E-state index in [1.54, 1.807) is 0 Å². The van der Waals surface area contributed by atoms with E-state index in [1.165, 1.54) is 0 Å². The van der Waals surface area contributed by atoms with Crippen molar-refractivity contribution in [2.45, 2.75) is 12.2 Å². The zero-order chi connectivity index (χ0) is 14.1. The summed E-state index contributed by atoms with van der Waals surface area (Å²) in [6.45, 7) is 0. The second-order valence-corrected chi connectivity index (χ2v) is 3.04. The summed E-state index contributed by atoms with van der Waals surface area (Å²) < 4.78 is 98.2. The van der Waals surface area contributed by atoms with E-state index in [1.807, 2.05) is 0 Å². The molecular formula is C8H4F8N2. The van der Waals surface area contributed by atoms with E-state index in [2.05, 4.69) is 0 Å². The molecule has 18 heavy (non-hydrogen) atoms. The minimum atomic E-state index is -6.24. The molecule has 2 nitrogen and oxygen atoms in total. The molecule has 0 saturated heterocycles. The van der Waals surface area contributed by atoms with Gasteiger partial charge in [-0.2, -0.15) is 22.0 Å². The molecule has 0 aliphatic rings. The van der Waals surface area contributed by atoms with Crippen molar-refractivity contribution in [2.75, 3.05) is 10.5 Å². The van der Waals surface area contributed by atoms with Crippen LogP contribution in [-0.4, -0.2) is 12.2 Å². The van der Waals surface area contributed by atoms with E-state index in [4.69, 9.17) is 0 Å². The number of nitrogens with zero attached hydrogens (tertiary/aromatic N) is 2. The summed E-state index contributed by atoms with van der Waals surface area (Å²) in [5.41, 5.74) is -3.03. The molecule has 0 N–H and O–H groups in total. The summed E-state index contributed by atoms with van der Waals surface area (Å²) in [6.07, 6.45) is -6.24. The summed E-state index contributed by atoms with van der Waals surface area (Å²) in [5.74, 6) is 0. The summed E-state index contributed by atoms with van der Waals surface area (Å²) in [6, 6.07) is -3.32. The highest BCUT2D eigenvalue weighted by molar-refractivity contribution is 5.68. The van der Waals surface area contributed by atoms with E-state index in [9.17, 15) is 35.4 Å². The van der Waals surface area contributed by atoms with Crippen molar-refractivity contribution in [3.8, 4) is 0 Å². The first-order chi connectivity index (χ1) is 8.09. The quantitative estimate of drug-likeness (QED) is 0.467. The molecule has 102 valence electrons. The molecule has 0 heterocycles. The summed E-state index contributed by atoms with van der Waals surface area (Å²) >= 11 is 0. The molecule has 0 saturated carbocycles. The first-order valence-corrected chi connectivity index (χ1v) is 4.20. The molecule has 0 bridgehead atoms. The van der Waals surface area contributed by atoms with Crippen molar-refractivity contribution in [3.05, 3.63) is 24.3 Å². The van der Waals surface area contributed by atoms with Gasteiger partial charge < -0.3 is 0 Å². The van der Waals surface area contributed by atoms with Crippen LogP contribution in [0.3, 0.4) is 0 Å². The van der Waals surface area contributed by atoms with Crippen molar-refractivity contribution in [3.63, 3.8) is 0 Å². The number of halogens is 8. The number of rotatable bonds is 3. The molecule has 0 spiro atoms. The first-order valence-electron chi connectivity index (χ1n) is 4.20. The fourth-order valence-corrected chi connectivity index (χ4v) is 1.04. The van der Waals surface area contributed by atoms with E-state index in [-0.39, 0.29) is 0 Å². The predicted molar refractivity (Wildman–Crippen MR) is 45.7 cm³/mol. The average Bonchev–Trinajstić information content (AvgIpc) is 2.26. The average molecular weight is 280 g/mol. The number of anilines is 2. The van der Waals surface area contributed by atoms with Gasteiger partial charge in [-0.1, -0.05) is 25.6 Å². The third-order valence-corrected chi connectivity index (χ3v) is 1.86. The number of alkyl halides is 5. The largest absolute Gasteiger partial charge is 0.478 e. The second-order valence-electron chi connectivity index (χ2n) is 3.04. The van der Waals surface area contributed by atoms with Gasteiger partial charge in [0.1, 0.15) is 11.4 Å². The Bertz CT molecular complexity index is 416. The molecule has 0 radical (unpaired) electrons. The van der Waals surface area contributed by atoms with Crippen molar-refractivity contribution >= 4 is 11.4 Å². The normalized spacial score (nSPS) is 12.4. The van der Waals surface area contributed by atoms with Gasteiger partial charge in [0.25, 0.3) is 0 Å². The molecule has 1 aromatic rings. The fourth-order valence-electron chi connectivity index (χ4n) is 1.04. The topological polar surface area (TPSA) is 6.48 Å². The highest BCUT2D eigenvalue weighted by Crippen LogP contribution is 2.44.